The number of nitrogens with zero attached hydrogens (tertiary/aromatic N) is 1. The highest BCUT2D eigenvalue weighted by atomic mass is 32.2. The van der Waals surface area contributed by atoms with E-state index in [0.29, 0.717) is 40.1 Å². The van der Waals surface area contributed by atoms with Gasteiger partial charge in [0.05, 0.1) is 24.2 Å². The lowest BCUT2D eigenvalue weighted by atomic mass is 9.82. The third kappa shape index (κ3) is 8.93. The van der Waals surface area contributed by atoms with E-state index in [1.54, 1.807) is 20.8 Å². The minimum absolute atomic E-state index is 0.00972. The van der Waals surface area contributed by atoms with Crippen molar-refractivity contribution in [2.75, 3.05) is 7.11 Å². The van der Waals surface area contributed by atoms with Gasteiger partial charge in [-0.05, 0) is 80.5 Å². The quantitative estimate of drug-likeness (QED) is 0.0784. The molecule has 4 aliphatic rings. The Kier molecular flexibility index (Phi) is 12.2. The van der Waals surface area contributed by atoms with Crippen LogP contribution in [-0.2, 0) is 43.6 Å². The van der Waals surface area contributed by atoms with Gasteiger partial charge >= 0.3 is 5.97 Å². The lowest BCUT2D eigenvalue weighted by Crippen LogP contribution is -2.59. The van der Waals surface area contributed by atoms with E-state index < -0.39 is 91.8 Å². The molecule has 1 aromatic heterocycles. The van der Waals surface area contributed by atoms with Gasteiger partial charge in [-0.15, -0.1) is 6.58 Å². The van der Waals surface area contributed by atoms with Gasteiger partial charge in [-0.3, -0.25) is 23.9 Å². The van der Waals surface area contributed by atoms with Crippen molar-refractivity contribution in [2.45, 2.75) is 114 Å². The Morgan fingerprint density at radius 1 is 0.883 bits per heavy atom. The van der Waals surface area contributed by atoms with Gasteiger partial charge in [0.1, 0.15) is 40.2 Å². The second-order valence-electron chi connectivity index (χ2n) is 17.8. The minimum atomic E-state index is -3.93. The van der Waals surface area contributed by atoms with E-state index in [9.17, 15) is 32.4 Å². The van der Waals surface area contributed by atoms with Crippen LogP contribution in [0.15, 0.2) is 70.8 Å². The molecule has 2 aromatic carbocycles. The Morgan fingerprint density at radius 3 is 2.03 bits per heavy atom. The van der Waals surface area contributed by atoms with Crippen LogP contribution in [0.2, 0.25) is 0 Å². The highest BCUT2D eigenvalue weighted by Gasteiger charge is 2.62. The highest BCUT2D eigenvalue weighted by Crippen LogP contribution is 2.46. The van der Waals surface area contributed by atoms with Crippen LogP contribution in [0.5, 0.6) is 0 Å². The van der Waals surface area contributed by atoms with Crippen LogP contribution in [0, 0.1) is 29.1 Å². The number of ether oxygens (including phenoxy) is 1. The summed E-state index contributed by atoms with van der Waals surface area (Å²) in [5, 5.41) is 14.4. The van der Waals surface area contributed by atoms with E-state index in [-0.39, 0.29) is 25.2 Å². The number of sulfonamides is 1. The first-order valence-corrected chi connectivity index (χ1v) is 22.4. The molecule has 0 aliphatic heterocycles. The van der Waals surface area contributed by atoms with E-state index in [1.165, 1.54) is 13.2 Å². The second-order valence-corrected chi connectivity index (χ2v) is 19.8. The number of amides is 4. The van der Waals surface area contributed by atoms with Crippen molar-refractivity contribution in [3.63, 3.8) is 0 Å². The molecular formula is C44H55N5O10S. The fourth-order valence-electron chi connectivity index (χ4n) is 8.80. The monoisotopic (exact) mass is 845 g/mol. The van der Waals surface area contributed by atoms with Gasteiger partial charge < -0.3 is 29.9 Å². The van der Waals surface area contributed by atoms with E-state index in [4.69, 9.17) is 14.0 Å². The van der Waals surface area contributed by atoms with Gasteiger partial charge in [0.2, 0.25) is 27.7 Å². The number of esters is 1. The van der Waals surface area contributed by atoms with Crippen molar-refractivity contribution in [1.29, 1.82) is 0 Å². The summed E-state index contributed by atoms with van der Waals surface area (Å²) in [5.74, 6) is -6.04. The third-order valence-corrected chi connectivity index (χ3v) is 14.3. The van der Waals surface area contributed by atoms with Crippen LogP contribution in [0.4, 0.5) is 0 Å². The number of nitrogens with one attached hydrogen (secondary N) is 4. The van der Waals surface area contributed by atoms with Crippen LogP contribution < -0.4 is 26.0 Å². The third-order valence-electron chi connectivity index (χ3n) is 12.5. The maximum atomic E-state index is 14.5. The van der Waals surface area contributed by atoms with Gasteiger partial charge in [0.25, 0.3) is 5.91 Å². The fraction of sp³-hybridized carbons (Fsp3) is 0.545. The average molecular weight is 846 g/mol. The molecule has 4 aliphatic carbocycles. The first-order chi connectivity index (χ1) is 28.6. The zero-order chi connectivity index (χ0) is 43.0. The summed E-state index contributed by atoms with van der Waals surface area (Å²) in [6, 6.07) is 12.7. The molecule has 60 heavy (non-hydrogen) atoms. The Bertz CT molecular complexity index is 2310. The van der Waals surface area contributed by atoms with Gasteiger partial charge in [0.15, 0.2) is 0 Å². The smallest absolute Gasteiger partial charge is 0.328 e. The number of para-hydroxylation sites is 2. The average Bonchev–Trinajstić information content (AvgIpc) is 4.16. The summed E-state index contributed by atoms with van der Waals surface area (Å²) in [6.45, 7) is 9.15. The van der Waals surface area contributed by atoms with Crippen molar-refractivity contribution in [2.24, 2.45) is 34.2 Å². The first-order valence-electron chi connectivity index (χ1n) is 20.9. The highest BCUT2D eigenvalue weighted by molar-refractivity contribution is 7.91. The zero-order valence-corrected chi connectivity index (χ0v) is 35.3. The number of rotatable bonds is 14. The summed E-state index contributed by atoms with van der Waals surface area (Å²) >= 11 is 0. The van der Waals surface area contributed by atoms with Crippen molar-refractivity contribution >= 4 is 61.6 Å². The molecule has 0 saturated heterocycles. The molecule has 322 valence electrons. The summed E-state index contributed by atoms with van der Waals surface area (Å²) in [7, 11) is -2.65. The van der Waals surface area contributed by atoms with Crippen molar-refractivity contribution in [1.82, 2.24) is 20.7 Å². The van der Waals surface area contributed by atoms with Crippen LogP contribution in [0.1, 0.15) is 85.0 Å². The molecule has 4 amide bonds. The Balaban J connectivity index is 1.17. The maximum absolute atomic E-state index is 14.5. The number of hydrogen-bond donors (Lipinski definition) is 4. The van der Waals surface area contributed by atoms with Crippen molar-refractivity contribution in [3.8, 4) is 0 Å². The van der Waals surface area contributed by atoms with Crippen LogP contribution in [0.3, 0.4) is 0 Å². The minimum Gasteiger partial charge on any atom is -0.467 e. The molecule has 4 fully saturated rings. The molecule has 16 heteroatoms. The van der Waals surface area contributed by atoms with E-state index >= 15 is 0 Å². The number of fused-ring (bicyclic) bond motifs is 2. The molecular weight excluding hydrogens is 791 g/mol. The number of hydrogen-bond acceptors (Lipinski definition) is 11. The second kappa shape index (κ2) is 17.0. The lowest BCUT2D eigenvalue weighted by molar-refractivity contribution is -0.148. The predicted molar refractivity (Wildman–Crippen MR) is 222 cm³/mol. The largest absolute Gasteiger partial charge is 0.467 e. The van der Waals surface area contributed by atoms with Gasteiger partial charge in [-0.25, -0.2) is 13.2 Å². The predicted octanol–water partition coefficient (Wildman–Crippen LogP) is 4.25. The molecule has 0 radical (unpaired) electrons. The molecule has 1 heterocycles. The van der Waals surface area contributed by atoms with Gasteiger partial charge in [-0.1, -0.05) is 75.5 Å². The van der Waals surface area contributed by atoms with E-state index in [2.05, 4.69) is 32.4 Å². The molecule has 4 N–H and O–H groups in total. The Hall–Kier alpha value is -5.25. The van der Waals surface area contributed by atoms with Crippen molar-refractivity contribution in [3.05, 3.63) is 66.5 Å². The van der Waals surface area contributed by atoms with E-state index in [0.717, 1.165) is 32.1 Å². The zero-order valence-electron chi connectivity index (χ0n) is 34.5. The Morgan fingerprint density at radius 2 is 1.48 bits per heavy atom. The molecule has 0 bridgehead atoms. The number of benzene rings is 2. The first kappa shape index (κ1) is 42.9. The molecule has 15 nitrogen and oxygen atoms in total. The molecule has 3 aromatic rings. The lowest BCUT2D eigenvalue weighted by Gasteiger charge is -2.35. The molecule has 7 rings (SSSR count). The Labute approximate surface area is 349 Å². The number of carbonyl (C=O) groups excluding carboxylic acids is 5. The SMILES string of the molecule is C=C[C@@H]1C[C@]1(NC(=O)[C@@H]1C[C@@H](ON=c2c3ccccc3oc3ccccc23)C[C@H]1C(=O)N[C@@H](C(=O)N[C@@H](C(=O)OC)C1CCCCC1)C(C)(C)C)C(=O)NS(=O)(=O)C1CC1. The summed E-state index contributed by atoms with van der Waals surface area (Å²) < 4.78 is 38.9. The van der Waals surface area contributed by atoms with Gasteiger partial charge in [-0.2, -0.15) is 0 Å². The number of carbonyl (C=O) groups is 5. The maximum Gasteiger partial charge on any atom is 0.328 e. The summed E-state index contributed by atoms with van der Waals surface area (Å²) in [6.07, 6.45) is 6.16. The molecule has 0 unspecified atom stereocenters. The molecule has 4 saturated carbocycles. The van der Waals surface area contributed by atoms with Crippen molar-refractivity contribution < 1.29 is 46.4 Å². The summed E-state index contributed by atoms with van der Waals surface area (Å²) in [4.78, 5) is 75.8. The van der Waals surface area contributed by atoms with Crippen LogP contribution in [0.25, 0.3) is 21.9 Å². The number of methoxy groups -OCH3 is 1. The normalized spacial score (nSPS) is 25.3. The summed E-state index contributed by atoms with van der Waals surface area (Å²) in [5.41, 5.74) is -1.25. The molecule has 7 atom stereocenters. The van der Waals surface area contributed by atoms with Crippen LogP contribution in [-0.4, -0.2) is 74.1 Å². The fourth-order valence-corrected chi connectivity index (χ4v) is 10.2. The molecule has 0 spiro atoms. The standard InChI is InChI=1S/C44H55N5O10S/c1-6-26-24-44(26,42(54)49-60(55,56)28-20-21-28)47-39(51)32-23-27(59-48-36-29-16-10-12-18-33(29)58-34-19-13-11-17-30(34)36)22-31(32)38(50)46-37(43(2,3)4)40(52)45-35(41(53)57-5)25-14-8-7-9-15-25/h6,10-13,16-19,25-28,31-32,35,37H,1,7-9,14-15,20-24H2,2-5H3,(H,45,52)(H,46,50)(H,47,51)(H,49,54)/t26-,27+,31-,32-,35-,37+,44-/m1/s1. The van der Waals surface area contributed by atoms with E-state index in [1.807, 2.05) is 48.5 Å². The van der Waals surface area contributed by atoms with Crippen LogP contribution >= 0.6 is 0 Å². The topological polar surface area (TPSA) is 212 Å². The van der Waals surface area contributed by atoms with Gasteiger partial charge in [0, 0.05) is 16.7 Å².